The second-order valence-electron chi connectivity index (χ2n) is 4.22. The molecule has 0 aliphatic rings. The van der Waals surface area contributed by atoms with Crippen LogP contribution in [0.25, 0.3) is 0 Å². The van der Waals surface area contributed by atoms with Crippen molar-refractivity contribution >= 4 is 25.7 Å². The largest absolute Gasteiger partial charge is 0.460 e. The van der Waals surface area contributed by atoms with E-state index in [1.807, 2.05) is 6.92 Å². The fourth-order valence-corrected chi connectivity index (χ4v) is 2.23. The molecule has 5 nitrogen and oxygen atoms in total. The Morgan fingerprint density at radius 2 is 1.95 bits per heavy atom. The highest BCUT2D eigenvalue weighted by Gasteiger charge is 2.16. The van der Waals surface area contributed by atoms with Crippen LogP contribution in [0, 0.1) is 5.82 Å². The second kappa shape index (κ2) is 8.31. The molecule has 1 aromatic rings. The molecule has 118 valence electrons. The van der Waals surface area contributed by atoms with Gasteiger partial charge in [0.05, 0.1) is 17.1 Å². The van der Waals surface area contributed by atoms with Crippen molar-refractivity contribution in [2.24, 2.45) is 0 Å². The van der Waals surface area contributed by atoms with Crippen molar-refractivity contribution in [2.45, 2.75) is 24.7 Å². The number of unbranched alkanes of at least 4 members (excludes halogenated alkanes) is 1. The van der Waals surface area contributed by atoms with Crippen LogP contribution in [0.2, 0.25) is 0 Å². The number of carbonyl (C=O) groups excluding carboxylic acids is 1. The third-order valence-corrected chi connectivity index (χ3v) is 3.82. The number of ether oxygens (including phenoxy) is 2. The Hall–Kier alpha value is -1.18. The summed E-state index contributed by atoms with van der Waals surface area (Å²) in [5, 5.41) is 0. The Balaban J connectivity index is 2.60. The Morgan fingerprint density at radius 3 is 2.57 bits per heavy atom. The predicted molar refractivity (Wildman–Crippen MR) is 75.4 cm³/mol. The van der Waals surface area contributed by atoms with E-state index in [-0.39, 0.29) is 18.8 Å². The molecule has 8 heteroatoms. The summed E-state index contributed by atoms with van der Waals surface area (Å²) in [5.41, 5.74) is -0.220. The molecule has 0 saturated heterocycles. The molecular weight excluding hydrogens is 323 g/mol. The number of carbonyl (C=O) groups is 1. The number of hydrogen-bond acceptors (Lipinski definition) is 5. The maximum atomic E-state index is 13.3. The third kappa shape index (κ3) is 6.41. The van der Waals surface area contributed by atoms with E-state index in [4.69, 9.17) is 20.2 Å². The highest BCUT2D eigenvalue weighted by molar-refractivity contribution is 8.13. The number of halogens is 2. The summed E-state index contributed by atoms with van der Waals surface area (Å²) in [6.07, 6.45) is 1.91. The molecule has 0 bridgehead atoms. The SMILES string of the molecule is CCCCOCCOC(=O)c1cc(F)cc(S(=O)(=O)Cl)c1. The van der Waals surface area contributed by atoms with Gasteiger partial charge in [-0.1, -0.05) is 13.3 Å². The third-order valence-electron chi connectivity index (χ3n) is 2.49. The molecule has 1 aromatic carbocycles. The van der Waals surface area contributed by atoms with Gasteiger partial charge in [-0.15, -0.1) is 0 Å². The molecule has 0 aromatic heterocycles. The van der Waals surface area contributed by atoms with Gasteiger partial charge in [0, 0.05) is 17.3 Å². The normalized spacial score (nSPS) is 11.4. The zero-order valence-electron chi connectivity index (χ0n) is 11.5. The minimum absolute atomic E-state index is 0.00200. The van der Waals surface area contributed by atoms with Gasteiger partial charge in [0.25, 0.3) is 9.05 Å². The number of esters is 1. The monoisotopic (exact) mass is 338 g/mol. The van der Waals surface area contributed by atoms with Crippen LogP contribution in [0.1, 0.15) is 30.1 Å². The highest BCUT2D eigenvalue weighted by atomic mass is 35.7. The molecule has 21 heavy (non-hydrogen) atoms. The molecule has 0 spiro atoms. The van der Waals surface area contributed by atoms with Crippen molar-refractivity contribution in [3.05, 3.63) is 29.6 Å². The molecule has 0 aliphatic carbocycles. The van der Waals surface area contributed by atoms with Crippen molar-refractivity contribution in [1.82, 2.24) is 0 Å². The smallest absolute Gasteiger partial charge is 0.338 e. The average molecular weight is 339 g/mol. The fourth-order valence-electron chi connectivity index (χ4n) is 1.45. The van der Waals surface area contributed by atoms with Gasteiger partial charge in [0.15, 0.2) is 0 Å². The molecule has 0 fully saturated rings. The van der Waals surface area contributed by atoms with Crippen molar-refractivity contribution in [3.63, 3.8) is 0 Å². The Bertz CT molecular complexity index is 588. The molecule has 0 radical (unpaired) electrons. The van der Waals surface area contributed by atoms with E-state index in [0.29, 0.717) is 6.61 Å². The van der Waals surface area contributed by atoms with Gasteiger partial charge < -0.3 is 9.47 Å². The van der Waals surface area contributed by atoms with Crippen LogP contribution in [0.15, 0.2) is 23.1 Å². The average Bonchev–Trinajstić information content (AvgIpc) is 2.40. The lowest BCUT2D eigenvalue weighted by Crippen LogP contribution is -2.12. The van der Waals surface area contributed by atoms with Crippen LogP contribution in [-0.2, 0) is 18.5 Å². The van der Waals surface area contributed by atoms with E-state index >= 15 is 0 Å². The molecule has 0 atom stereocenters. The fraction of sp³-hybridized carbons (Fsp3) is 0.462. The summed E-state index contributed by atoms with van der Waals surface area (Å²) >= 11 is 0. The van der Waals surface area contributed by atoms with Crippen LogP contribution in [0.4, 0.5) is 4.39 Å². The quantitative estimate of drug-likeness (QED) is 0.414. The molecule has 0 unspecified atom stereocenters. The van der Waals surface area contributed by atoms with Gasteiger partial charge in [0.1, 0.15) is 12.4 Å². The van der Waals surface area contributed by atoms with Gasteiger partial charge in [0.2, 0.25) is 0 Å². The van der Waals surface area contributed by atoms with Gasteiger partial charge in [-0.2, -0.15) is 0 Å². The first kappa shape index (κ1) is 17.9. The van der Waals surface area contributed by atoms with E-state index in [0.717, 1.165) is 31.0 Å². The Kier molecular flexibility index (Phi) is 7.07. The molecule has 0 aliphatic heterocycles. The molecule has 0 heterocycles. The maximum absolute atomic E-state index is 13.3. The minimum Gasteiger partial charge on any atom is -0.460 e. The van der Waals surface area contributed by atoms with Crippen LogP contribution >= 0.6 is 10.7 Å². The van der Waals surface area contributed by atoms with Gasteiger partial charge >= 0.3 is 5.97 Å². The number of rotatable bonds is 8. The standard InChI is InChI=1S/C13H16ClFO5S/c1-2-3-4-19-5-6-20-13(16)10-7-11(15)9-12(8-10)21(14,17)18/h7-9H,2-6H2,1H3. The van der Waals surface area contributed by atoms with Gasteiger partial charge in [-0.3, -0.25) is 0 Å². The zero-order chi connectivity index (χ0) is 15.9. The van der Waals surface area contributed by atoms with Crippen LogP contribution in [0.3, 0.4) is 0 Å². The van der Waals surface area contributed by atoms with Crippen LogP contribution in [0.5, 0.6) is 0 Å². The first-order valence-corrected chi connectivity index (χ1v) is 8.65. The topological polar surface area (TPSA) is 69.7 Å². The summed E-state index contributed by atoms with van der Waals surface area (Å²) in [5.74, 6) is -1.72. The molecule has 1 rings (SSSR count). The maximum Gasteiger partial charge on any atom is 0.338 e. The summed E-state index contributed by atoms with van der Waals surface area (Å²) < 4.78 is 45.6. The number of hydrogen-bond donors (Lipinski definition) is 0. The lowest BCUT2D eigenvalue weighted by Gasteiger charge is -2.07. The Morgan fingerprint density at radius 1 is 1.24 bits per heavy atom. The zero-order valence-corrected chi connectivity index (χ0v) is 13.0. The first-order valence-electron chi connectivity index (χ1n) is 6.34. The van der Waals surface area contributed by atoms with Gasteiger partial charge in [-0.25, -0.2) is 17.6 Å². The van der Waals surface area contributed by atoms with E-state index in [9.17, 15) is 17.6 Å². The van der Waals surface area contributed by atoms with Crippen molar-refractivity contribution in [3.8, 4) is 0 Å². The molecule has 0 saturated carbocycles. The van der Waals surface area contributed by atoms with E-state index in [1.165, 1.54) is 0 Å². The Labute approximate surface area is 127 Å². The van der Waals surface area contributed by atoms with E-state index < -0.39 is 25.7 Å². The minimum atomic E-state index is -4.12. The van der Waals surface area contributed by atoms with Crippen LogP contribution < -0.4 is 0 Å². The predicted octanol–water partition coefficient (Wildman–Crippen LogP) is 2.73. The van der Waals surface area contributed by atoms with Crippen molar-refractivity contribution < 1.29 is 27.1 Å². The van der Waals surface area contributed by atoms with Gasteiger partial charge in [-0.05, 0) is 24.6 Å². The molecule has 0 amide bonds. The highest BCUT2D eigenvalue weighted by Crippen LogP contribution is 2.19. The van der Waals surface area contributed by atoms with E-state index in [2.05, 4.69) is 0 Å². The van der Waals surface area contributed by atoms with E-state index in [1.54, 1.807) is 0 Å². The van der Waals surface area contributed by atoms with Crippen molar-refractivity contribution in [1.29, 1.82) is 0 Å². The van der Waals surface area contributed by atoms with Crippen molar-refractivity contribution in [2.75, 3.05) is 19.8 Å². The summed E-state index contributed by atoms with van der Waals surface area (Å²) in [6, 6.07) is 2.57. The first-order chi connectivity index (χ1) is 9.84. The summed E-state index contributed by atoms with van der Waals surface area (Å²) in [4.78, 5) is 11.2. The summed E-state index contributed by atoms with van der Waals surface area (Å²) in [6.45, 7) is 2.82. The second-order valence-corrected chi connectivity index (χ2v) is 6.78. The number of benzene rings is 1. The molecule has 0 N–H and O–H groups in total. The molecular formula is C13H16ClFO5S. The van der Waals surface area contributed by atoms with Crippen LogP contribution in [-0.4, -0.2) is 34.2 Å². The lowest BCUT2D eigenvalue weighted by atomic mass is 10.2. The lowest BCUT2D eigenvalue weighted by molar-refractivity contribution is 0.0313. The summed E-state index contributed by atoms with van der Waals surface area (Å²) in [7, 11) is 0.999.